The highest BCUT2D eigenvalue weighted by Gasteiger charge is 2.44. The lowest BCUT2D eigenvalue weighted by molar-refractivity contribution is -0.145. The van der Waals surface area contributed by atoms with Crippen molar-refractivity contribution in [3.05, 3.63) is 0 Å². The molecule has 0 aliphatic carbocycles. The molecular weight excluding hydrogens is 1250 g/mol. The number of unbranched alkanes of at least 4 members (excludes halogenated alkanes) is 1. The fourth-order valence-electron chi connectivity index (χ4n) is 11.1. The van der Waals surface area contributed by atoms with Crippen LogP contribution in [-0.2, 0) is 76.7 Å². The monoisotopic (exact) mass is 1350 g/mol. The van der Waals surface area contributed by atoms with Crippen molar-refractivity contribution in [2.45, 2.75) is 244 Å². The minimum absolute atomic E-state index is 0.0279. The number of carbonyl (C=O) groups excluding carboxylic acids is 13. The third kappa shape index (κ3) is 26.3. The maximum atomic E-state index is 14.6. The Balaban J connectivity index is 1.80. The van der Waals surface area contributed by atoms with Crippen LogP contribution < -0.4 is 70.0 Å². The molecule has 3 aliphatic heterocycles. The third-order valence-corrected chi connectivity index (χ3v) is 16.5. The Morgan fingerprint density at radius 2 is 0.895 bits per heavy atom. The van der Waals surface area contributed by atoms with Crippen molar-refractivity contribution in [2.75, 3.05) is 26.2 Å². The lowest BCUT2D eigenvalue weighted by Gasteiger charge is -2.33. The number of likely N-dealkylation sites (tertiary alicyclic amines) is 2. The maximum Gasteiger partial charge on any atom is 0.325 e. The predicted octanol–water partition coefficient (Wildman–Crippen LogP) is -3.81. The van der Waals surface area contributed by atoms with Gasteiger partial charge in [0.15, 0.2) is 0 Å². The fraction of sp³-hybridized carbons (Fsp3) is 0.738. The highest BCUT2D eigenvalue weighted by molar-refractivity contribution is 6.00. The molecule has 3 saturated heterocycles. The van der Waals surface area contributed by atoms with Gasteiger partial charge in [-0.15, -0.1) is 0 Å². The SMILES string of the molecule is CC(C)C[C@H](NC(=O)[C@@H]1CCCN1C(=O)[C@@H](NC(=O)[C@@H]1CCCN1C(=O)[C@H](CCC(=O)O)NC(=O)[C@H](C)NC(=O)[C@H](C)NC(=O)[C@@H]1CCCN1)C(C)C)C(=O)N[C@H](C(=O)N[C@@H](CCCCN)C(=O)N[C@@H](CCC(N)=O)C(=O)N[C@@H](CCC(=O)O)C(=O)N[C@@H](C)C(=O)O)C(C)C. The molecule has 534 valence electrons. The predicted molar refractivity (Wildman–Crippen MR) is 339 cm³/mol. The molecule has 13 atom stereocenters. The Morgan fingerprint density at radius 3 is 1.39 bits per heavy atom. The zero-order valence-corrected chi connectivity index (χ0v) is 55.8. The molecule has 0 saturated carbocycles. The topological polar surface area (TPSA) is 525 Å². The van der Waals surface area contributed by atoms with Gasteiger partial charge in [-0.3, -0.25) is 76.7 Å². The number of carboxylic acid groups (broad SMARTS) is 3. The van der Waals surface area contributed by atoms with Gasteiger partial charge in [-0.25, -0.2) is 0 Å². The first-order chi connectivity index (χ1) is 44.6. The molecule has 0 aromatic heterocycles. The highest BCUT2D eigenvalue weighted by Crippen LogP contribution is 2.24. The summed E-state index contributed by atoms with van der Waals surface area (Å²) in [4.78, 5) is 215. The zero-order chi connectivity index (χ0) is 71.6. The van der Waals surface area contributed by atoms with E-state index >= 15 is 0 Å². The summed E-state index contributed by atoms with van der Waals surface area (Å²) in [6, 6.07) is -16.6. The number of hydrogen-bond acceptors (Lipinski definition) is 18. The molecule has 34 nitrogen and oxygen atoms in total. The zero-order valence-electron chi connectivity index (χ0n) is 55.8. The second kappa shape index (κ2) is 39.3. The van der Waals surface area contributed by atoms with E-state index in [-0.39, 0.29) is 70.0 Å². The fourth-order valence-corrected chi connectivity index (χ4v) is 11.1. The van der Waals surface area contributed by atoms with Gasteiger partial charge >= 0.3 is 17.9 Å². The van der Waals surface area contributed by atoms with Crippen LogP contribution in [0.5, 0.6) is 0 Å². The van der Waals surface area contributed by atoms with Gasteiger partial charge in [0.05, 0.1) is 6.04 Å². The van der Waals surface area contributed by atoms with Crippen molar-refractivity contribution in [3.63, 3.8) is 0 Å². The standard InChI is InChI=1S/C61H101N15O19/c1-30(2)29-41(55(88)73-47(31(3)4)58(91)70-37(15-10-11-25-62)53(86)68-38(19-22-44(63)77)54(87)69-39(20-23-45(78)79)52(85)67-35(9)61(94)95)72-56(89)42-17-14-28-76(42)60(93)48(32(5)6)74-57(90)43-18-13-27-75(43)59(92)40(21-24-46(80)81)71-50(83)34(8)65-49(82)33(7)66-51(84)36-16-12-26-64-36/h30-43,47-48,64H,10-29,62H2,1-9H3,(H2,63,77)(H,65,82)(H,66,84)(H,67,85)(H,68,86)(H,69,87)(H,70,91)(H,71,83)(H,72,89)(H,73,88)(H,74,90)(H,78,79)(H,80,81)(H,94,95)/t33-,34-,35-,36-,37-,38-,39-,40-,41-,42-,43-,47-,48-/m0/s1. The number of nitrogens with one attached hydrogen (secondary N) is 11. The van der Waals surface area contributed by atoms with Crippen LogP contribution >= 0.6 is 0 Å². The number of rotatable bonds is 40. The average Bonchev–Trinajstić information content (AvgIpc) is 1.77. The van der Waals surface area contributed by atoms with Crippen LogP contribution in [0.2, 0.25) is 0 Å². The number of amides is 13. The number of primary amides is 1. The van der Waals surface area contributed by atoms with Gasteiger partial charge in [-0.1, -0.05) is 41.5 Å². The first kappa shape index (κ1) is 80.7. The maximum absolute atomic E-state index is 14.6. The Kier molecular flexibility index (Phi) is 33.4. The van der Waals surface area contributed by atoms with Gasteiger partial charge in [-0.05, 0) is 135 Å². The van der Waals surface area contributed by atoms with E-state index in [1.165, 1.54) is 23.6 Å². The largest absolute Gasteiger partial charge is 0.481 e. The Hall–Kier alpha value is -8.56. The molecule has 0 unspecified atom stereocenters. The summed E-state index contributed by atoms with van der Waals surface area (Å²) in [6.07, 6.45) is -0.0651. The molecule has 95 heavy (non-hydrogen) atoms. The van der Waals surface area contributed by atoms with E-state index in [0.717, 1.165) is 13.3 Å². The summed E-state index contributed by atoms with van der Waals surface area (Å²) in [7, 11) is 0. The number of nitrogens with zero attached hydrogens (tertiary/aromatic N) is 2. The van der Waals surface area contributed by atoms with Crippen molar-refractivity contribution in [1.82, 2.24) is 68.3 Å². The summed E-state index contributed by atoms with van der Waals surface area (Å²) in [5.74, 6) is -16.0. The van der Waals surface area contributed by atoms with Crippen LogP contribution in [-0.4, -0.2) is 225 Å². The van der Waals surface area contributed by atoms with Gasteiger partial charge in [0, 0.05) is 32.4 Å². The quantitative estimate of drug-likeness (QED) is 0.0262. The average molecular weight is 1350 g/mol. The second-order valence-electron chi connectivity index (χ2n) is 25.6. The summed E-state index contributed by atoms with van der Waals surface area (Å²) in [5, 5.41) is 56.6. The van der Waals surface area contributed by atoms with Crippen molar-refractivity contribution >= 4 is 94.7 Å². The van der Waals surface area contributed by atoms with E-state index in [9.17, 15) is 92.0 Å². The first-order valence-corrected chi connectivity index (χ1v) is 32.6. The molecule has 3 rings (SSSR count). The molecule has 0 spiro atoms. The Bertz CT molecular complexity index is 2760. The summed E-state index contributed by atoms with van der Waals surface area (Å²) in [6.45, 7) is 14.9. The summed E-state index contributed by atoms with van der Waals surface area (Å²) in [5.41, 5.74) is 11.1. The van der Waals surface area contributed by atoms with Crippen LogP contribution in [0, 0.1) is 17.8 Å². The number of carbonyl (C=O) groups is 16. The van der Waals surface area contributed by atoms with Gasteiger partial charge in [0.25, 0.3) is 0 Å². The number of hydrogen-bond donors (Lipinski definition) is 16. The summed E-state index contributed by atoms with van der Waals surface area (Å²) < 4.78 is 0. The van der Waals surface area contributed by atoms with E-state index in [1.807, 2.05) is 0 Å². The Labute approximate surface area is 552 Å². The van der Waals surface area contributed by atoms with Crippen LogP contribution in [0.15, 0.2) is 0 Å². The number of aliphatic carboxylic acids is 3. The van der Waals surface area contributed by atoms with Gasteiger partial charge < -0.3 is 95.1 Å². The van der Waals surface area contributed by atoms with Crippen LogP contribution in [0.1, 0.15) is 165 Å². The number of carboxylic acids is 3. The molecule has 34 heteroatoms. The lowest BCUT2D eigenvalue weighted by atomic mass is 9.98. The smallest absolute Gasteiger partial charge is 0.325 e. The van der Waals surface area contributed by atoms with E-state index in [2.05, 4.69) is 58.5 Å². The van der Waals surface area contributed by atoms with E-state index < -0.39 is 211 Å². The molecule has 0 aromatic carbocycles. The van der Waals surface area contributed by atoms with Gasteiger partial charge in [-0.2, -0.15) is 0 Å². The number of nitrogens with two attached hydrogens (primary N) is 2. The van der Waals surface area contributed by atoms with Crippen molar-refractivity contribution in [3.8, 4) is 0 Å². The van der Waals surface area contributed by atoms with Crippen LogP contribution in [0.4, 0.5) is 0 Å². The lowest BCUT2D eigenvalue weighted by Crippen LogP contribution is -2.61. The molecule has 18 N–H and O–H groups in total. The van der Waals surface area contributed by atoms with Crippen molar-refractivity contribution in [1.29, 1.82) is 0 Å². The van der Waals surface area contributed by atoms with Gasteiger partial charge in [0.2, 0.25) is 76.8 Å². The van der Waals surface area contributed by atoms with E-state index in [4.69, 9.17) is 11.5 Å². The van der Waals surface area contributed by atoms with Crippen LogP contribution in [0.25, 0.3) is 0 Å². The molecule has 3 fully saturated rings. The summed E-state index contributed by atoms with van der Waals surface area (Å²) >= 11 is 0. The molecule has 3 heterocycles. The first-order valence-electron chi connectivity index (χ1n) is 32.6. The minimum atomic E-state index is -1.62. The Morgan fingerprint density at radius 1 is 0.442 bits per heavy atom. The highest BCUT2D eigenvalue weighted by atomic mass is 16.4. The van der Waals surface area contributed by atoms with E-state index in [1.54, 1.807) is 41.5 Å². The molecule has 0 aromatic rings. The molecular formula is C61H101N15O19. The molecule has 0 bridgehead atoms. The van der Waals surface area contributed by atoms with Crippen molar-refractivity contribution < 1.29 is 92.0 Å². The molecule has 0 radical (unpaired) electrons. The third-order valence-electron chi connectivity index (χ3n) is 16.5. The molecule has 3 aliphatic rings. The van der Waals surface area contributed by atoms with Crippen LogP contribution in [0.3, 0.4) is 0 Å². The van der Waals surface area contributed by atoms with Gasteiger partial charge in [0.1, 0.15) is 72.5 Å². The normalized spacial score (nSPS) is 19.2. The van der Waals surface area contributed by atoms with E-state index in [0.29, 0.717) is 32.2 Å². The second-order valence-corrected chi connectivity index (χ2v) is 25.6. The molecule has 13 amide bonds. The minimum Gasteiger partial charge on any atom is -0.481 e. The van der Waals surface area contributed by atoms with Crippen molar-refractivity contribution in [2.24, 2.45) is 29.2 Å².